The summed E-state index contributed by atoms with van der Waals surface area (Å²) < 4.78 is 0. The monoisotopic (exact) mass is 535 g/mol. The fourth-order valence-electron chi connectivity index (χ4n) is 4.41. The Labute approximate surface area is 202 Å². The topological polar surface area (TPSA) is 51.2 Å². The average Bonchev–Trinajstić information content (AvgIpc) is 2.81. The molecule has 168 valence electrons. The number of aliphatic imine (C=N–C) groups is 1. The number of carbonyl (C=O) groups is 1. The van der Waals surface area contributed by atoms with Gasteiger partial charge in [-0.2, -0.15) is 0 Å². The Hall–Kier alpha value is -1.87. The summed E-state index contributed by atoms with van der Waals surface area (Å²) in [5.74, 6) is 1.23. The summed E-state index contributed by atoms with van der Waals surface area (Å²) >= 11 is 0. The minimum Gasteiger partial charge on any atom is -0.352 e. The van der Waals surface area contributed by atoms with Crippen molar-refractivity contribution in [1.82, 2.24) is 20.0 Å². The van der Waals surface area contributed by atoms with Crippen molar-refractivity contribution in [3.05, 3.63) is 48.0 Å². The van der Waals surface area contributed by atoms with Crippen molar-refractivity contribution in [2.45, 2.75) is 25.8 Å². The first-order valence-corrected chi connectivity index (χ1v) is 11.2. The third-order valence-electron chi connectivity index (χ3n) is 6.22. The molecule has 0 aromatic heterocycles. The first kappa shape index (κ1) is 23.8. The molecule has 2 aliphatic rings. The van der Waals surface area contributed by atoms with Crippen molar-refractivity contribution < 1.29 is 4.79 Å². The lowest BCUT2D eigenvalue weighted by molar-refractivity contribution is -0.133. The van der Waals surface area contributed by atoms with Crippen LogP contribution in [0.25, 0.3) is 10.8 Å². The highest BCUT2D eigenvalue weighted by molar-refractivity contribution is 14.0. The number of fused-ring (bicyclic) bond motifs is 1. The minimum absolute atomic E-state index is 0. The maximum absolute atomic E-state index is 12.5. The second-order valence-corrected chi connectivity index (χ2v) is 8.29. The van der Waals surface area contributed by atoms with E-state index >= 15 is 0 Å². The van der Waals surface area contributed by atoms with Gasteiger partial charge in [-0.1, -0.05) is 36.4 Å². The predicted molar refractivity (Wildman–Crippen MR) is 138 cm³/mol. The Morgan fingerprint density at radius 3 is 2.32 bits per heavy atom. The summed E-state index contributed by atoms with van der Waals surface area (Å²) in [4.78, 5) is 23.6. The van der Waals surface area contributed by atoms with Crippen molar-refractivity contribution >= 4 is 46.6 Å². The lowest BCUT2D eigenvalue weighted by Crippen LogP contribution is -2.54. The molecule has 0 aliphatic carbocycles. The molecule has 0 unspecified atom stereocenters. The minimum atomic E-state index is 0. The highest BCUT2D eigenvalue weighted by atomic mass is 127. The second-order valence-electron chi connectivity index (χ2n) is 8.29. The molecule has 0 saturated carbocycles. The SMILES string of the molecule is CN=C(NCc1ccc2ccccc2c1)N1CCN(CC(=O)N2CCCCC2)CC1.I. The number of piperidine rings is 1. The number of likely N-dealkylation sites (tertiary alicyclic amines) is 1. The fourth-order valence-corrected chi connectivity index (χ4v) is 4.41. The Balaban J connectivity index is 0.00000272. The zero-order valence-electron chi connectivity index (χ0n) is 18.4. The Morgan fingerprint density at radius 1 is 0.903 bits per heavy atom. The third-order valence-corrected chi connectivity index (χ3v) is 6.22. The zero-order valence-corrected chi connectivity index (χ0v) is 20.8. The molecule has 2 aromatic rings. The van der Waals surface area contributed by atoms with Gasteiger partial charge in [-0.3, -0.25) is 14.7 Å². The smallest absolute Gasteiger partial charge is 0.236 e. The van der Waals surface area contributed by atoms with E-state index in [1.54, 1.807) is 0 Å². The van der Waals surface area contributed by atoms with Crippen LogP contribution >= 0.6 is 24.0 Å². The lowest BCUT2D eigenvalue weighted by atomic mass is 10.1. The Bertz CT molecular complexity index is 888. The number of nitrogens with zero attached hydrogens (tertiary/aromatic N) is 4. The van der Waals surface area contributed by atoms with Gasteiger partial charge in [0.25, 0.3) is 0 Å². The molecule has 1 amide bonds. The van der Waals surface area contributed by atoms with Crippen LogP contribution in [0.4, 0.5) is 0 Å². The van der Waals surface area contributed by atoms with Crippen molar-refractivity contribution in [1.29, 1.82) is 0 Å². The number of rotatable bonds is 4. The van der Waals surface area contributed by atoms with E-state index in [1.807, 2.05) is 11.9 Å². The van der Waals surface area contributed by atoms with Gasteiger partial charge in [-0.05, 0) is 41.7 Å². The van der Waals surface area contributed by atoms with Gasteiger partial charge >= 0.3 is 0 Å². The van der Waals surface area contributed by atoms with E-state index < -0.39 is 0 Å². The lowest BCUT2D eigenvalue weighted by Gasteiger charge is -2.37. The number of carbonyl (C=O) groups excluding carboxylic acids is 1. The van der Waals surface area contributed by atoms with Crippen molar-refractivity contribution in [2.75, 3.05) is 52.9 Å². The predicted octanol–water partition coefficient (Wildman–Crippen LogP) is 3.16. The second kappa shape index (κ2) is 11.7. The molecule has 4 rings (SSSR count). The first-order chi connectivity index (χ1) is 14.7. The quantitative estimate of drug-likeness (QED) is 0.372. The molecule has 2 aromatic carbocycles. The average molecular weight is 535 g/mol. The van der Waals surface area contributed by atoms with E-state index in [0.29, 0.717) is 12.5 Å². The first-order valence-electron chi connectivity index (χ1n) is 11.2. The summed E-state index contributed by atoms with van der Waals surface area (Å²) in [6, 6.07) is 15.0. The van der Waals surface area contributed by atoms with Gasteiger partial charge in [0.15, 0.2) is 5.96 Å². The number of nitrogens with one attached hydrogen (secondary N) is 1. The van der Waals surface area contributed by atoms with E-state index in [4.69, 9.17) is 0 Å². The molecule has 2 heterocycles. The fraction of sp³-hybridized carbons (Fsp3) is 0.500. The number of hydrogen-bond acceptors (Lipinski definition) is 3. The molecule has 1 N–H and O–H groups in total. The van der Waals surface area contributed by atoms with Crippen LogP contribution < -0.4 is 5.32 Å². The van der Waals surface area contributed by atoms with Gasteiger partial charge in [-0.15, -0.1) is 24.0 Å². The van der Waals surface area contributed by atoms with Crippen LogP contribution in [0, 0.1) is 0 Å². The molecule has 0 bridgehead atoms. The van der Waals surface area contributed by atoms with Crippen molar-refractivity contribution in [2.24, 2.45) is 4.99 Å². The maximum Gasteiger partial charge on any atom is 0.236 e. The maximum atomic E-state index is 12.5. The molecule has 31 heavy (non-hydrogen) atoms. The van der Waals surface area contributed by atoms with Gasteiger partial charge in [0.1, 0.15) is 0 Å². The van der Waals surface area contributed by atoms with Crippen LogP contribution in [0.1, 0.15) is 24.8 Å². The largest absolute Gasteiger partial charge is 0.352 e. The van der Waals surface area contributed by atoms with Crippen LogP contribution in [0.3, 0.4) is 0 Å². The number of hydrogen-bond donors (Lipinski definition) is 1. The van der Waals surface area contributed by atoms with E-state index in [2.05, 4.69) is 62.6 Å². The summed E-state index contributed by atoms with van der Waals surface area (Å²) in [5.41, 5.74) is 1.25. The van der Waals surface area contributed by atoms with E-state index in [-0.39, 0.29) is 24.0 Å². The standard InChI is InChI=1S/C24H33N5O.HI/c1-25-24(26-18-20-9-10-21-7-3-4-8-22(21)17-20)29-15-13-27(14-16-29)19-23(30)28-11-5-2-6-12-28;/h3-4,7-10,17H,2,5-6,11-16,18-19H2,1H3,(H,25,26);1H. The van der Waals surface area contributed by atoms with E-state index in [9.17, 15) is 4.79 Å². The van der Waals surface area contributed by atoms with Gasteiger partial charge < -0.3 is 15.1 Å². The van der Waals surface area contributed by atoms with Gasteiger partial charge in [0.05, 0.1) is 6.54 Å². The summed E-state index contributed by atoms with van der Waals surface area (Å²) in [6.07, 6.45) is 3.56. The molecule has 0 atom stereocenters. The van der Waals surface area contributed by atoms with E-state index in [1.165, 1.54) is 22.8 Å². The van der Waals surface area contributed by atoms with Gasteiger partial charge in [0, 0.05) is 52.9 Å². The molecule has 0 spiro atoms. The van der Waals surface area contributed by atoms with Crippen LogP contribution in [0.2, 0.25) is 0 Å². The molecular weight excluding hydrogens is 501 g/mol. The summed E-state index contributed by atoms with van der Waals surface area (Å²) in [6.45, 7) is 6.76. The molecule has 2 saturated heterocycles. The number of guanidine groups is 1. The molecular formula is C24H34IN5O. The molecule has 2 fully saturated rings. The van der Waals surface area contributed by atoms with Crippen molar-refractivity contribution in [3.63, 3.8) is 0 Å². The molecule has 6 nitrogen and oxygen atoms in total. The van der Waals surface area contributed by atoms with E-state index in [0.717, 1.165) is 64.6 Å². The highest BCUT2D eigenvalue weighted by Gasteiger charge is 2.24. The van der Waals surface area contributed by atoms with Crippen LogP contribution in [-0.4, -0.2) is 79.4 Å². The molecule has 0 radical (unpaired) electrons. The highest BCUT2D eigenvalue weighted by Crippen LogP contribution is 2.16. The van der Waals surface area contributed by atoms with Crippen LogP contribution in [-0.2, 0) is 11.3 Å². The molecule has 2 aliphatic heterocycles. The Morgan fingerprint density at radius 2 is 1.61 bits per heavy atom. The summed E-state index contributed by atoms with van der Waals surface area (Å²) in [5, 5.41) is 6.04. The zero-order chi connectivity index (χ0) is 20.8. The van der Waals surface area contributed by atoms with Crippen molar-refractivity contribution in [3.8, 4) is 0 Å². The molecule has 7 heteroatoms. The summed E-state index contributed by atoms with van der Waals surface area (Å²) in [7, 11) is 1.84. The Kier molecular flexibility index (Phi) is 8.95. The van der Waals surface area contributed by atoms with Crippen LogP contribution in [0.5, 0.6) is 0 Å². The number of halogens is 1. The number of piperazine rings is 1. The normalized spacial score (nSPS) is 18.0. The number of amides is 1. The van der Waals surface area contributed by atoms with Gasteiger partial charge in [0.2, 0.25) is 5.91 Å². The van der Waals surface area contributed by atoms with Gasteiger partial charge in [-0.25, -0.2) is 0 Å². The van der Waals surface area contributed by atoms with Crippen LogP contribution in [0.15, 0.2) is 47.5 Å². The third kappa shape index (κ3) is 6.32. The number of benzene rings is 2.